The molecule has 94 valence electrons. The van der Waals surface area contributed by atoms with Gasteiger partial charge in [-0.1, -0.05) is 19.9 Å². The van der Waals surface area contributed by atoms with Crippen molar-refractivity contribution in [1.29, 1.82) is 0 Å². The molecule has 4 nitrogen and oxygen atoms in total. The highest BCUT2D eigenvalue weighted by Crippen LogP contribution is 2.30. The fourth-order valence-electron chi connectivity index (χ4n) is 2.14. The lowest BCUT2D eigenvalue weighted by molar-refractivity contribution is 0.494. The van der Waals surface area contributed by atoms with Crippen LogP contribution in [0.25, 0.3) is 0 Å². The quantitative estimate of drug-likeness (QED) is 0.894. The minimum atomic E-state index is 0.338. The van der Waals surface area contributed by atoms with Gasteiger partial charge in [0.1, 0.15) is 12.1 Å². The lowest BCUT2D eigenvalue weighted by Gasteiger charge is -2.22. The highest BCUT2D eigenvalue weighted by Gasteiger charge is 2.19. The number of aromatic nitrogens is 3. The van der Waals surface area contributed by atoms with Crippen molar-refractivity contribution in [1.82, 2.24) is 15.0 Å². The van der Waals surface area contributed by atoms with Crippen LogP contribution in [-0.2, 0) is 6.42 Å². The van der Waals surface area contributed by atoms with Gasteiger partial charge in [-0.3, -0.25) is 0 Å². The van der Waals surface area contributed by atoms with Crippen LogP contribution < -0.4 is 5.73 Å². The smallest absolute Gasteiger partial charge is 0.126 e. The molecule has 0 unspecified atom stereocenters. The van der Waals surface area contributed by atoms with Crippen molar-refractivity contribution in [2.24, 2.45) is 5.92 Å². The Morgan fingerprint density at radius 3 is 2.56 bits per heavy atom. The first kappa shape index (κ1) is 12.5. The second-order valence-corrected chi connectivity index (χ2v) is 4.78. The molecular formula is C14H18N4. The maximum absolute atomic E-state index is 5.97. The predicted octanol–water partition coefficient (Wildman–Crippen LogP) is 2.44. The SMILES string of the molecule is CC(C)[C@H](Cc1cncnc1)c1cccnc1N. The molecule has 0 aromatic carbocycles. The van der Waals surface area contributed by atoms with Crippen molar-refractivity contribution < 1.29 is 0 Å². The lowest BCUT2D eigenvalue weighted by Crippen LogP contribution is -2.13. The van der Waals surface area contributed by atoms with Crippen molar-refractivity contribution in [2.45, 2.75) is 26.2 Å². The maximum atomic E-state index is 5.97. The van der Waals surface area contributed by atoms with E-state index in [1.54, 1.807) is 12.5 Å². The number of hydrogen-bond donors (Lipinski definition) is 1. The fourth-order valence-corrected chi connectivity index (χ4v) is 2.14. The molecule has 2 heterocycles. The van der Waals surface area contributed by atoms with Crippen LogP contribution in [-0.4, -0.2) is 15.0 Å². The van der Waals surface area contributed by atoms with Crippen LogP contribution >= 0.6 is 0 Å². The van der Waals surface area contributed by atoms with Gasteiger partial charge in [0.25, 0.3) is 0 Å². The molecule has 1 atom stereocenters. The molecule has 0 saturated carbocycles. The van der Waals surface area contributed by atoms with Gasteiger partial charge in [0.05, 0.1) is 0 Å². The molecule has 2 aromatic heterocycles. The summed E-state index contributed by atoms with van der Waals surface area (Å²) in [7, 11) is 0. The van der Waals surface area contributed by atoms with Crippen LogP contribution in [0.1, 0.15) is 30.9 Å². The summed E-state index contributed by atoms with van der Waals surface area (Å²) in [6, 6.07) is 3.99. The molecular weight excluding hydrogens is 224 g/mol. The Labute approximate surface area is 107 Å². The van der Waals surface area contributed by atoms with E-state index in [-0.39, 0.29) is 0 Å². The molecule has 0 spiro atoms. The molecule has 2 rings (SSSR count). The van der Waals surface area contributed by atoms with Gasteiger partial charge >= 0.3 is 0 Å². The first-order valence-corrected chi connectivity index (χ1v) is 6.12. The summed E-state index contributed by atoms with van der Waals surface area (Å²) in [4.78, 5) is 12.3. The van der Waals surface area contributed by atoms with E-state index in [9.17, 15) is 0 Å². The normalized spacial score (nSPS) is 12.6. The van der Waals surface area contributed by atoms with Crippen molar-refractivity contribution in [2.75, 3.05) is 5.73 Å². The van der Waals surface area contributed by atoms with Crippen molar-refractivity contribution in [3.63, 3.8) is 0 Å². The van der Waals surface area contributed by atoms with E-state index in [0.29, 0.717) is 17.7 Å². The van der Waals surface area contributed by atoms with Crippen LogP contribution in [0, 0.1) is 5.92 Å². The number of nitrogens with two attached hydrogens (primary N) is 1. The zero-order valence-electron chi connectivity index (χ0n) is 10.7. The van der Waals surface area contributed by atoms with Crippen LogP contribution in [0.3, 0.4) is 0 Å². The van der Waals surface area contributed by atoms with Gasteiger partial charge in [0.15, 0.2) is 0 Å². The summed E-state index contributed by atoms with van der Waals surface area (Å²) < 4.78 is 0. The van der Waals surface area contributed by atoms with Crippen LogP contribution in [0.2, 0.25) is 0 Å². The summed E-state index contributed by atoms with van der Waals surface area (Å²) in [6.45, 7) is 4.39. The Morgan fingerprint density at radius 1 is 1.22 bits per heavy atom. The molecule has 0 radical (unpaired) electrons. The highest BCUT2D eigenvalue weighted by molar-refractivity contribution is 5.42. The summed E-state index contributed by atoms with van der Waals surface area (Å²) in [6.07, 6.45) is 7.87. The monoisotopic (exact) mass is 242 g/mol. The third kappa shape index (κ3) is 2.83. The molecule has 0 amide bonds. The largest absolute Gasteiger partial charge is 0.383 e. The molecule has 18 heavy (non-hydrogen) atoms. The zero-order chi connectivity index (χ0) is 13.0. The van der Waals surface area contributed by atoms with Crippen molar-refractivity contribution in [3.8, 4) is 0 Å². The molecule has 0 aliphatic carbocycles. The van der Waals surface area contributed by atoms with Crippen molar-refractivity contribution >= 4 is 5.82 Å². The Morgan fingerprint density at radius 2 is 1.94 bits per heavy atom. The topological polar surface area (TPSA) is 64.7 Å². The fraction of sp³-hybridized carbons (Fsp3) is 0.357. The zero-order valence-corrected chi connectivity index (χ0v) is 10.7. The highest BCUT2D eigenvalue weighted by atomic mass is 14.8. The van der Waals surface area contributed by atoms with Gasteiger partial charge in [-0.15, -0.1) is 0 Å². The van der Waals surface area contributed by atoms with E-state index in [4.69, 9.17) is 5.73 Å². The van der Waals surface area contributed by atoms with Gasteiger partial charge < -0.3 is 5.73 Å². The molecule has 2 N–H and O–H groups in total. The number of nitrogens with zero attached hydrogens (tertiary/aromatic N) is 3. The number of rotatable bonds is 4. The average Bonchev–Trinajstić information content (AvgIpc) is 2.38. The Bertz CT molecular complexity index is 496. The minimum Gasteiger partial charge on any atom is -0.383 e. The summed E-state index contributed by atoms with van der Waals surface area (Å²) >= 11 is 0. The van der Waals surface area contributed by atoms with Crippen LogP contribution in [0.5, 0.6) is 0 Å². The number of pyridine rings is 1. The molecule has 2 aromatic rings. The van der Waals surface area contributed by atoms with Gasteiger partial charge in [0, 0.05) is 18.6 Å². The average molecular weight is 242 g/mol. The first-order valence-electron chi connectivity index (χ1n) is 6.12. The molecule has 0 saturated heterocycles. The predicted molar refractivity (Wildman–Crippen MR) is 72.0 cm³/mol. The summed E-state index contributed by atoms with van der Waals surface area (Å²) in [5, 5.41) is 0. The number of hydrogen-bond acceptors (Lipinski definition) is 4. The number of anilines is 1. The van der Waals surface area contributed by atoms with Gasteiger partial charge in [-0.05, 0) is 35.4 Å². The van der Waals surface area contributed by atoms with E-state index in [1.807, 2.05) is 18.5 Å². The number of nitrogen functional groups attached to an aromatic ring is 1. The second-order valence-electron chi connectivity index (χ2n) is 4.78. The Balaban J connectivity index is 2.27. The molecule has 0 fully saturated rings. The van der Waals surface area contributed by atoms with E-state index in [0.717, 1.165) is 17.5 Å². The van der Waals surface area contributed by atoms with Gasteiger partial charge in [-0.2, -0.15) is 0 Å². The standard InChI is InChI=1S/C14H18N4/c1-10(2)13(6-11-7-16-9-17-8-11)12-4-3-5-18-14(12)15/h3-5,7-10,13H,6H2,1-2H3,(H2,15,18)/t13-/m0/s1. The van der Waals surface area contributed by atoms with Crippen LogP contribution in [0.15, 0.2) is 37.1 Å². The maximum Gasteiger partial charge on any atom is 0.126 e. The summed E-state index contributed by atoms with van der Waals surface area (Å²) in [5.74, 6) is 1.44. The van der Waals surface area contributed by atoms with Gasteiger partial charge in [-0.25, -0.2) is 15.0 Å². The van der Waals surface area contributed by atoms with E-state index in [2.05, 4.69) is 34.9 Å². The molecule has 0 aliphatic rings. The molecule has 4 heteroatoms. The second kappa shape index (κ2) is 5.58. The van der Waals surface area contributed by atoms with Gasteiger partial charge in [0.2, 0.25) is 0 Å². The van der Waals surface area contributed by atoms with E-state index >= 15 is 0 Å². The van der Waals surface area contributed by atoms with Crippen molar-refractivity contribution in [3.05, 3.63) is 48.2 Å². The lowest BCUT2D eigenvalue weighted by atomic mass is 9.84. The molecule has 0 bridgehead atoms. The minimum absolute atomic E-state index is 0.338. The Hall–Kier alpha value is -1.97. The first-order chi connectivity index (χ1) is 8.68. The third-order valence-electron chi connectivity index (χ3n) is 3.15. The summed E-state index contributed by atoms with van der Waals surface area (Å²) in [5.41, 5.74) is 8.20. The third-order valence-corrected chi connectivity index (χ3v) is 3.15. The Kier molecular flexibility index (Phi) is 3.87. The van der Waals surface area contributed by atoms with Crippen LogP contribution in [0.4, 0.5) is 5.82 Å². The molecule has 0 aliphatic heterocycles. The van der Waals surface area contributed by atoms with E-state index < -0.39 is 0 Å². The van der Waals surface area contributed by atoms with E-state index in [1.165, 1.54) is 0 Å².